The van der Waals surface area contributed by atoms with Crippen molar-refractivity contribution in [3.63, 3.8) is 0 Å². The summed E-state index contributed by atoms with van der Waals surface area (Å²) in [6, 6.07) is 2.17. The maximum Gasteiger partial charge on any atom is 0.303 e. The summed E-state index contributed by atoms with van der Waals surface area (Å²) in [4.78, 5) is 11.9. The number of benzene rings is 1. The third-order valence-electron chi connectivity index (χ3n) is 3.70. The molecule has 0 unspecified atom stereocenters. The minimum atomic E-state index is -0.754. The molecule has 0 aliphatic heterocycles. The first-order valence-electron chi connectivity index (χ1n) is 6.99. The zero-order valence-electron chi connectivity index (χ0n) is 13.4. The maximum atomic E-state index is 10.6. The second kappa shape index (κ2) is 8.13. The lowest BCUT2D eigenvalue weighted by atomic mass is 10.0. The van der Waals surface area contributed by atoms with E-state index in [1.165, 1.54) is 16.0 Å². The Morgan fingerprint density at radius 2 is 2.00 bits per heavy atom. The van der Waals surface area contributed by atoms with Crippen LogP contribution in [0.15, 0.2) is 22.6 Å². The molecule has 0 saturated carbocycles. The van der Waals surface area contributed by atoms with E-state index in [0.29, 0.717) is 6.42 Å². The summed E-state index contributed by atoms with van der Waals surface area (Å²) < 4.78 is 5.55. The molecule has 0 fully saturated rings. The van der Waals surface area contributed by atoms with Gasteiger partial charge >= 0.3 is 5.97 Å². The van der Waals surface area contributed by atoms with Crippen LogP contribution < -0.4 is 4.74 Å². The molecule has 4 heteroatoms. The highest BCUT2D eigenvalue weighted by molar-refractivity contribution is 7.98. The minimum absolute atomic E-state index is 0.183. The van der Waals surface area contributed by atoms with E-state index in [2.05, 4.69) is 32.2 Å². The van der Waals surface area contributed by atoms with Crippen LogP contribution in [0.1, 0.15) is 36.5 Å². The fourth-order valence-electron chi connectivity index (χ4n) is 2.27. The number of methoxy groups -OCH3 is 1. The van der Waals surface area contributed by atoms with Gasteiger partial charge in [-0.1, -0.05) is 11.6 Å². The summed E-state index contributed by atoms with van der Waals surface area (Å²) in [7, 11) is 1.70. The molecular formula is C17H24O3S. The fourth-order valence-corrected chi connectivity index (χ4v) is 2.99. The molecule has 1 rings (SSSR count). The third kappa shape index (κ3) is 4.81. The van der Waals surface area contributed by atoms with Crippen LogP contribution in [0.2, 0.25) is 0 Å². The number of carboxylic acid groups (broad SMARTS) is 1. The smallest absolute Gasteiger partial charge is 0.303 e. The number of hydrogen-bond donors (Lipinski definition) is 1. The van der Waals surface area contributed by atoms with Crippen LogP contribution in [-0.4, -0.2) is 24.4 Å². The largest absolute Gasteiger partial charge is 0.496 e. The lowest BCUT2D eigenvalue weighted by molar-refractivity contribution is -0.136. The summed E-state index contributed by atoms with van der Waals surface area (Å²) in [5.41, 5.74) is 4.69. The third-order valence-corrected chi connectivity index (χ3v) is 4.56. The Balaban J connectivity index is 2.99. The van der Waals surface area contributed by atoms with Gasteiger partial charge in [-0.05, 0) is 62.6 Å². The SMILES string of the molecule is COc1c(C/C=C(\C)CCC(=O)O)cc(SC)c(C)c1C. The van der Waals surface area contributed by atoms with Crippen molar-refractivity contribution in [1.82, 2.24) is 0 Å². The molecule has 0 amide bonds. The predicted molar refractivity (Wildman–Crippen MR) is 88.6 cm³/mol. The quantitative estimate of drug-likeness (QED) is 0.599. The Morgan fingerprint density at radius 3 is 2.52 bits per heavy atom. The van der Waals surface area contributed by atoms with E-state index >= 15 is 0 Å². The lowest BCUT2D eigenvalue weighted by Gasteiger charge is -2.16. The van der Waals surface area contributed by atoms with Gasteiger partial charge in [0, 0.05) is 11.3 Å². The highest BCUT2D eigenvalue weighted by Gasteiger charge is 2.12. The summed E-state index contributed by atoms with van der Waals surface area (Å²) in [6.45, 7) is 6.17. The number of hydrogen-bond acceptors (Lipinski definition) is 3. The molecule has 116 valence electrons. The van der Waals surface area contributed by atoms with Gasteiger partial charge in [-0.2, -0.15) is 0 Å². The second-order valence-electron chi connectivity index (χ2n) is 5.17. The van der Waals surface area contributed by atoms with Gasteiger partial charge < -0.3 is 9.84 Å². The molecule has 0 spiro atoms. The van der Waals surface area contributed by atoms with Crippen molar-refractivity contribution in [2.45, 2.75) is 44.9 Å². The normalized spacial score (nSPS) is 11.6. The van der Waals surface area contributed by atoms with E-state index in [0.717, 1.165) is 23.3 Å². The van der Waals surface area contributed by atoms with Gasteiger partial charge in [0.1, 0.15) is 5.75 Å². The predicted octanol–water partition coefficient (Wildman–Crippen LogP) is 4.39. The topological polar surface area (TPSA) is 46.5 Å². The van der Waals surface area contributed by atoms with Crippen LogP contribution in [0.3, 0.4) is 0 Å². The van der Waals surface area contributed by atoms with Crippen molar-refractivity contribution in [2.75, 3.05) is 13.4 Å². The first-order valence-corrected chi connectivity index (χ1v) is 8.21. The van der Waals surface area contributed by atoms with Gasteiger partial charge in [0.25, 0.3) is 0 Å². The first-order chi connectivity index (χ1) is 9.90. The van der Waals surface area contributed by atoms with E-state index in [-0.39, 0.29) is 6.42 Å². The molecule has 1 aromatic carbocycles. The zero-order valence-corrected chi connectivity index (χ0v) is 14.3. The van der Waals surface area contributed by atoms with Crippen LogP contribution in [0.4, 0.5) is 0 Å². The van der Waals surface area contributed by atoms with Gasteiger partial charge in [0.2, 0.25) is 0 Å². The highest BCUT2D eigenvalue weighted by Crippen LogP contribution is 2.33. The number of carboxylic acids is 1. The van der Waals surface area contributed by atoms with Crippen LogP contribution in [0, 0.1) is 13.8 Å². The van der Waals surface area contributed by atoms with Gasteiger partial charge in [0.15, 0.2) is 0 Å². The molecule has 0 radical (unpaired) electrons. The number of carbonyl (C=O) groups is 1. The summed E-state index contributed by atoms with van der Waals surface area (Å²) >= 11 is 1.74. The van der Waals surface area contributed by atoms with Gasteiger partial charge in [-0.25, -0.2) is 0 Å². The van der Waals surface area contributed by atoms with Crippen LogP contribution >= 0.6 is 11.8 Å². The summed E-state index contributed by atoms with van der Waals surface area (Å²) in [5.74, 6) is 0.184. The Hall–Kier alpha value is -1.42. The molecule has 3 nitrogen and oxygen atoms in total. The van der Waals surface area contributed by atoms with Gasteiger partial charge in [-0.3, -0.25) is 4.79 Å². The lowest BCUT2D eigenvalue weighted by Crippen LogP contribution is -1.99. The molecule has 21 heavy (non-hydrogen) atoms. The molecule has 0 aliphatic rings. The van der Waals surface area contributed by atoms with E-state index in [1.807, 2.05) is 6.92 Å². The number of thioether (sulfide) groups is 1. The molecule has 0 bridgehead atoms. The Morgan fingerprint density at radius 1 is 1.33 bits per heavy atom. The van der Waals surface area contributed by atoms with Crippen molar-refractivity contribution in [1.29, 1.82) is 0 Å². The summed E-state index contributed by atoms with van der Waals surface area (Å²) in [6.07, 6.45) is 5.72. The van der Waals surface area contributed by atoms with Crippen LogP contribution in [-0.2, 0) is 11.2 Å². The Kier molecular flexibility index (Phi) is 6.82. The molecule has 1 N–H and O–H groups in total. The number of aliphatic carboxylic acids is 1. The number of allylic oxidation sites excluding steroid dienone is 2. The van der Waals surface area contributed by atoms with E-state index in [1.54, 1.807) is 18.9 Å². The number of ether oxygens (including phenoxy) is 1. The molecular weight excluding hydrogens is 284 g/mol. The molecule has 1 aromatic rings. The second-order valence-corrected chi connectivity index (χ2v) is 6.02. The standard InChI is InChI=1S/C17H24O3S/c1-11(7-9-16(18)19)6-8-14-10-15(21-5)12(2)13(3)17(14)20-4/h6,10H,7-9H2,1-5H3,(H,18,19)/b11-6+. The zero-order chi connectivity index (χ0) is 16.0. The molecule has 0 aromatic heterocycles. The van der Waals surface area contributed by atoms with Crippen LogP contribution in [0.25, 0.3) is 0 Å². The number of rotatable bonds is 7. The molecule has 0 atom stereocenters. The maximum absolute atomic E-state index is 10.6. The average Bonchev–Trinajstić information content (AvgIpc) is 2.46. The fraction of sp³-hybridized carbons (Fsp3) is 0.471. The van der Waals surface area contributed by atoms with Crippen molar-refractivity contribution < 1.29 is 14.6 Å². The van der Waals surface area contributed by atoms with Gasteiger partial charge in [-0.15, -0.1) is 11.8 Å². The van der Waals surface area contributed by atoms with Crippen molar-refractivity contribution in [2.24, 2.45) is 0 Å². The minimum Gasteiger partial charge on any atom is -0.496 e. The molecule has 0 aliphatic carbocycles. The molecule has 0 heterocycles. The van der Waals surface area contributed by atoms with Crippen molar-refractivity contribution in [3.05, 3.63) is 34.4 Å². The van der Waals surface area contributed by atoms with Gasteiger partial charge in [0.05, 0.1) is 7.11 Å². The van der Waals surface area contributed by atoms with Crippen molar-refractivity contribution >= 4 is 17.7 Å². The van der Waals surface area contributed by atoms with E-state index in [9.17, 15) is 4.79 Å². The van der Waals surface area contributed by atoms with E-state index in [4.69, 9.17) is 9.84 Å². The van der Waals surface area contributed by atoms with Crippen molar-refractivity contribution in [3.8, 4) is 5.75 Å². The first kappa shape index (κ1) is 17.6. The van der Waals surface area contributed by atoms with Crippen LogP contribution in [0.5, 0.6) is 5.75 Å². The highest BCUT2D eigenvalue weighted by atomic mass is 32.2. The average molecular weight is 308 g/mol. The monoisotopic (exact) mass is 308 g/mol. The summed E-state index contributed by atoms with van der Waals surface area (Å²) in [5, 5.41) is 8.72. The Bertz CT molecular complexity index is 547. The Labute approximate surface area is 131 Å². The molecule has 0 saturated heterocycles. The van der Waals surface area contributed by atoms with E-state index < -0.39 is 5.97 Å².